The number of carbonyl (C=O) groups is 1. The van der Waals surface area contributed by atoms with Gasteiger partial charge < -0.3 is 0 Å². The third kappa shape index (κ3) is 2.80. The van der Waals surface area contributed by atoms with E-state index in [0.717, 1.165) is 19.6 Å². The Balaban J connectivity index is 1.86. The Morgan fingerprint density at radius 1 is 1.65 bits per heavy atom. The Labute approximate surface area is 99.9 Å². The number of hydrogen-bond donors (Lipinski definition) is 2. The second kappa shape index (κ2) is 5.24. The lowest BCUT2D eigenvalue weighted by molar-refractivity contribution is 0.0948. The Hall–Kier alpha value is -1.47. The van der Waals surface area contributed by atoms with Gasteiger partial charge in [-0.15, -0.1) is 5.10 Å². The molecule has 1 atom stereocenters. The predicted molar refractivity (Wildman–Crippen MR) is 61.9 cm³/mol. The maximum absolute atomic E-state index is 11.2. The summed E-state index contributed by atoms with van der Waals surface area (Å²) in [5.41, 5.74) is 2.29. The van der Waals surface area contributed by atoms with Crippen molar-refractivity contribution in [3.05, 3.63) is 11.9 Å². The summed E-state index contributed by atoms with van der Waals surface area (Å²) in [5.74, 6) is 4.61. The van der Waals surface area contributed by atoms with Gasteiger partial charge in [-0.05, 0) is 26.3 Å². The van der Waals surface area contributed by atoms with E-state index >= 15 is 0 Å². The van der Waals surface area contributed by atoms with Crippen LogP contribution in [0.15, 0.2) is 6.20 Å². The third-order valence-electron chi connectivity index (χ3n) is 3.21. The Morgan fingerprint density at radius 3 is 3.12 bits per heavy atom. The molecule has 1 aromatic rings. The number of nitrogens with two attached hydrogens (primary N) is 1. The second-order valence-electron chi connectivity index (χ2n) is 4.37. The van der Waals surface area contributed by atoms with E-state index in [1.54, 1.807) is 10.9 Å². The van der Waals surface area contributed by atoms with Crippen molar-refractivity contribution in [1.29, 1.82) is 0 Å². The van der Waals surface area contributed by atoms with Crippen molar-refractivity contribution in [3.8, 4) is 0 Å². The van der Waals surface area contributed by atoms with Crippen LogP contribution < -0.4 is 11.3 Å². The molecule has 0 saturated carbocycles. The van der Waals surface area contributed by atoms with Gasteiger partial charge >= 0.3 is 0 Å². The molecule has 94 valence electrons. The monoisotopic (exact) mass is 238 g/mol. The van der Waals surface area contributed by atoms with Crippen molar-refractivity contribution in [3.63, 3.8) is 0 Å². The molecular weight excluding hydrogens is 220 g/mol. The molecule has 0 spiro atoms. The van der Waals surface area contributed by atoms with Crippen LogP contribution in [0.4, 0.5) is 0 Å². The van der Waals surface area contributed by atoms with Crippen LogP contribution in [0.3, 0.4) is 0 Å². The van der Waals surface area contributed by atoms with Gasteiger partial charge in [-0.25, -0.2) is 5.84 Å². The van der Waals surface area contributed by atoms with Crippen LogP contribution in [-0.2, 0) is 6.54 Å². The number of carbonyl (C=O) groups excluding carboxylic acids is 1. The summed E-state index contributed by atoms with van der Waals surface area (Å²) in [6.07, 6.45) is 4.14. The van der Waals surface area contributed by atoms with Gasteiger partial charge in [0.1, 0.15) is 0 Å². The average molecular weight is 238 g/mol. The lowest BCUT2D eigenvalue weighted by atomic mass is 10.2. The molecule has 1 aromatic heterocycles. The van der Waals surface area contributed by atoms with Crippen molar-refractivity contribution in [2.24, 2.45) is 5.84 Å². The van der Waals surface area contributed by atoms with Crippen molar-refractivity contribution < 1.29 is 4.79 Å². The largest absolute Gasteiger partial charge is 0.299 e. The van der Waals surface area contributed by atoms with Crippen LogP contribution in [0, 0.1) is 0 Å². The zero-order valence-electron chi connectivity index (χ0n) is 9.96. The van der Waals surface area contributed by atoms with Crippen molar-refractivity contribution in [2.75, 3.05) is 13.1 Å². The first-order valence-electron chi connectivity index (χ1n) is 5.86. The molecule has 17 heavy (non-hydrogen) atoms. The quantitative estimate of drug-likeness (QED) is 0.414. The van der Waals surface area contributed by atoms with Gasteiger partial charge in [0.2, 0.25) is 0 Å². The van der Waals surface area contributed by atoms with E-state index < -0.39 is 5.91 Å². The SMILES string of the molecule is CC1CCCN1CCn1cc(C(=O)NN)nn1. The van der Waals surface area contributed by atoms with Crippen LogP contribution >= 0.6 is 0 Å². The molecule has 7 heteroatoms. The zero-order chi connectivity index (χ0) is 12.3. The standard InChI is InChI=1S/C10H18N6O/c1-8-3-2-4-15(8)5-6-16-7-9(13-14-16)10(17)12-11/h7-8H,2-6,11H2,1H3,(H,12,17). The first kappa shape index (κ1) is 12.0. The number of nitrogen functional groups attached to an aromatic ring is 1. The van der Waals surface area contributed by atoms with Crippen LogP contribution in [0.25, 0.3) is 0 Å². The summed E-state index contributed by atoms with van der Waals surface area (Å²) >= 11 is 0. The molecule has 3 N–H and O–H groups in total. The van der Waals surface area contributed by atoms with E-state index in [-0.39, 0.29) is 5.69 Å². The maximum atomic E-state index is 11.2. The molecule has 1 amide bonds. The summed E-state index contributed by atoms with van der Waals surface area (Å²) in [6.45, 7) is 5.07. The van der Waals surface area contributed by atoms with Crippen LogP contribution in [0.2, 0.25) is 0 Å². The van der Waals surface area contributed by atoms with Gasteiger partial charge in [0.05, 0.1) is 12.7 Å². The molecule has 0 aliphatic carbocycles. The van der Waals surface area contributed by atoms with Crippen molar-refractivity contribution >= 4 is 5.91 Å². The highest BCUT2D eigenvalue weighted by molar-refractivity contribution is 5.91. The molecule has 0 bridgehead atoms. The van der Waals surface area contributed by atoms with Crippen molar-refractivity contribution in [1.82, 2.24) is 25.3 Å². The van der Waals surface area contributed by atoms with Gasteiger partial charge in [0.25, 0.3) is 5.91 Å². The first-order valence-corrected chi connectivity index (χ1v) is 5.86. The molecule has 1 saturated heterocycles. The number of rotatable bonds is 4. The molecule has 2 heterocycles. The fraction of sp³-hybridized carbons (Fsp3) is 0.700. The lowest BCUT2D eigenvalue weighted by Gasteiger charge is -2.20. The Morgan fingerprint density at radius 2 is 2.47 bits per heavy atom. The molecule has 0 radical (unpaired) electrons. The number of hydrogen-bond acceptors (Lipinski definition) is 5. The summed E-state index contributed by atoms with van der Waals surface area (Å²) in [4.78, 5) is 13.6. The number of amides is 1. The first-order chi connectivity index (χ1) is 8.20. The van der Waals surface area contributed by atoms with E-state index in [4.69, 9.17) is 5.84 Å². The summed E-state index contributed by atoms with van der Waals surface area (Å²) < 4.78 is 1.68. The molecule has 0 aromatic carbocycles. The maximum Gasteiger partial charge on any atom is 0.287 e. The average Bonchev–Trinajstić information content (AvgIpc) is 2.94. The minimum absolute atomic E-state index is 0.252. The Bertz CT molecular complexity index is 390. The van der Waals surface area contributed by atoms with E-state index in [0.29, 0.717) is 6.04 Å². The van der Waals surface area contributed by atoms with E-state index in [2.05, 4.69) is 22.1 Å². The molecule has 2 rings (SSSR count). The molecule has 1 aliphatic heterocycles. The van der Waals surface area contributed by atoms with Gasteiger partial charge in [-0.1, -0.05) is 5.21 Å². The molecule has 1 aliphatic rings. The van der Waals surface area contributed by atoms with E-state index in [9.17, 15) is 4.79 Å². The fourth-order valence-electron chi connectivity index (χ4n) is 2.14. The number of aromatic nitrogens is 3. The van der Waals surface area contributed by atoms with E-state index in [1.807, 2.05) is 5.43 Å². The predicted octanol–water partition coefficient (Wildman–Crippen LogP) is -0.634. The number of nitrogens with one attached hydrogen (secondary N) is 1. The topological polar surface area (TPSA) is 89.1 Å². The summed E-state index contributed by atoms with van der Waals surface area (Å²) in [5, 5.41) is 7.65. The zero-order valence-corrected chi connectivity index (χ0v) is 9.96. The Kier molecular flexibility index (Phi) is 3.70. The van der Waals surface area contributed by atoms with Crippen LogP contribution in [0.1, 0.15) is 30.3 Å². The minimum Gasteiger partial charge on any atom is -0.299 e. The van der Waals surface area contributed by atoms with Crippen LogP contribution in [-0.4, -0.2) is 44.9 Å². The summed E-state index contributed by atoms with van der Waals surface area (Å²) in [6, 6.07) is 0.644. The van der Waals surface area contributed by atoms with E-state index in [1.165, 1.54) is 12.8 Å². The second-order valence-corrected chi connectivity index (χ2v) is 4.37. The van der Waals surface area contributed by atoms with Gasteiger partial charge in [0, 0.05) is 12.6 Å². The highest BCUT2D eigenvalue weighted by Gasteiger charge is 2.19. The minimum atomic E-state index is -0.411. The van der Waals surface area contributed by atoms with Gasteiger partial charge in [0.15, 0.2) is 5.69 Å². The third-order valence-corrected chi connectivity index (χ3v) is 3.21. The van der Waals surface area contributed by atoms with Gasteiger partial charge in [-0.3, -0.25) is 19.8 Å². The molecular formula is C10H18N6O. The molecule has 1 unspecified atom stereocenters. The number of likely N-dealkylation sites (tertiary alicyclic amines) is 1. The lowest BCUT2D eigenvalue weighted by Crippen LogP contribution is -2.30. The van der Waals surface area contributed by atoms with Gasteiger partial charge in [-0.2, -0.15) is 0 Å². The number of nitrogens with zero attached hydrogens (tertiary/aromatic N) is 4. The van der Waals surface area contributed by atoms with Crippen molar-refractivity contribution in [2.45, 2.75) is 32.4 Å². The smallest absolute Gasteiger partial charge is 0.287 e. The van der Waals surface area contributed by atoms with Crippen LogP contribution in [0.5, 0.6) is 0 Å². The molecule has 7 nitrogen and oxygen atoms in total. The normalized spacial score (nSPS) is 20.7. The fourth-order valence-corrected chi connectivity index (χ4v) is 2.14. The summed E-state index contributed by atoms with van der Waals surface area (Å²) in [7, 11) is 0. The highest BCUT2D eigenvalue weighted by Crippen LogP contribution is 2.15. The highest BCUT2D eigenvalue weighted by atomic mass is 16.2. The number of hydrazine groups is 1. The molecule has 1 fully saturated rings.